The van der Waals surface area contributed by atoms with E-state index in [0.29, 0.717) is 11.4 Å². The van der Waals surface area contributed by atoms with Gasteiger partial charge in [0, 0.05) is 74.5 Å². The van der Waals surface area contributed by atoms with Crippen molar-refractivity contribution < 1.29 is 0 Å². The Labute approximate surface area is 295 Å². The number of nitrogens with one attached hydrogen (secondary N) is 1. The lowest BCUT2D eigenvalue weighted by Crippen LogP contribution is -2.06. The maximum absolute atomic E-state index is 9.20. The molecule has 7 aromatic carbocycles. The predicted molar refractivity (Wildman–Crippen MR) is 215 cm³/mol. The number of aromatic nitrogens is 3. The Kier molecular flexibility index (Phi) is 7.25. The molecule has 0 spiro atoms. The minimum absolute atomic E-state index is 0.410. The van der Waals surface area contributed by atoms with Gasteiger partial charge in [-0.2, -0.15) is 0 Å². The molecule has 0 atom stereocenters. The van der Waals surface area contributed by atoms with Gasteiger partial charge in [0.25, 0.3) is 0 Å². The molecule has 0 aliphatic heterocycles. The van der Waals surface area contributed by atoms with E-state index in [4.69, 9.17) is 5.73 Å². The highest BCUT2D eigenvalue weighted by molar-refractivity contribution is 6.23. The van der Waals surface area contributed by atoms with Gasteiger partial charge in [-0.25, -0.2) is 0 Å². The van der Waals surface area contributed by atoms with Gasteiger partial charge in [0.05, 0.1) is 22.4 Å². The molecule has 51 heavy (non-hydrogen) atoms. The van der Waals surface area contributed by atoms with Gasteiger partial charge in [0.1, 0.15) is 0 Å². The SMILES string of the molecule is Cn1c2ccccc2c2c3ccccc3ccc21.N=C(c1cn(-c2ccccc2)cc1N)c1cccc2c3ccccc3n(-c3ccccc3)c12. The summed E-state index contributed by atoms with van der Waals surface area (Å²) >= 11 is 0. The molecule has 0 saturated heterocycles. The second kappa shape index (κ2) is 12.2. The number of aryl methyl sites for hydroxylation is 1. The van der Waals surface area contributed by atoms with E-state index in [1.54, 1.807) is 0 Å². The first-order chi connectivity index (χ1) is 25.1. The molecule has 0 radical (unpaired) electrons. The highest BCUT2D eigenvalue weighted by Crippen LogP contribution is 2.36. The predicted octanol–water partition coefficient (Wildman–Crippen LogP) is 11.1. The monoisotopic (exact) mass is 657 g/mol. The number of para-hydroxylation sites is 5. The van der Waals surface area contributed by atoms with Crippen molar-refractivity contribution in [1.82, 2.24) is 13.7 Å². The number of benzene rings is 7. The van der Waals surface area contributed by atoms with Crippen LogP contribution in [0.15, 0.2) is 176 Å². The summed E-state index contributed by atoms with van der Waals surface area (Å²) in [6.45, 7) is 0. The zero-order valence-electron chi connectivity index (χ0n) is 28.2. The van der Waals surface area contributed by atoms with E-state index in [9.17, 15) is 5.41 Å². The summed E-state index contributed by atoms with van der Waals surface area (Å²) in [5, 5.41) is 16.8. The van der Waals surface area contributed by atoms with Crippen molar-refractivity contribution in [3.63, 3.8) is 0 Å². The average molecular weight is 658 g/mol. The first-order valence-electron chi connectivity index (χ1n) is 17.1. The zero-order valence-corrected chi connectivity index (χ0v) is 28.2. The normalized spacial score (nSPS) is 11.4. The minimum atomic E-state index is 0.410. The maximum atomic E-state index is 9.20. The molecule has 5 heteroatoms. The third-order valence-electron chi connectivity index (χ3n) is 9.96. The van der Waals surface area contributed by atoms with Crippen LogP contribution in [0, 0.1) is 5.41 Å². The van der Waals surface area contributed by atoms with Gasteiger partial charge in [-0.15, -0.1) is 0 Å². The second-order valence-corrected chi connectivity index (χ2v) is 12.9. The number of nitrogens with two attached hydrogens (primary N) is 1. The van der Waals surface area contributed by atoms with Crippen LogP contribution in [0.25, 0.3) is 65.8 Å². The first-order valence-corrected chi connectivity index (χ1v) is 17.1. The Bertz CT molecular complexity index is 2890. The van der Waals surface area contributed by atoms with Gasteiger partial charge in [-0.05, 0) is 53.2 Å². The highest BCUT2D eigenvalue weighted by atomic mass is 15.0. The van der Waals surface area contributed by atoms with Crippen molar-refractivity contribution in [3.05, 3.63) is 187 Å². The summed E-state index contributed by atoms with van der Waals surface area (Å²) < 4.78 is 6.50. The number of fused-ring (bicyclic) bond motifs is 8. The van der Waals surface area contributed by atoms with Crippen LogP contribution in [-0.4, -0.2) is 19.4 Å². The van der Waals surface area contributed by atoms with Crippen molar-refractivity contribution in [1.29, 1.82) is 5.41 Å². The van der Waals surface area contributed by atoms with E-state index in [-0.39, 0.29) is 0 Å². The number of rotatable bonds is 4. The van der Waals surface area contributed by atoms with E-state index in [1.807, 2.05) is 77.6 Å². The van der Waals surface area contributed by atoms with Gasteiger partial charge >= 0.3 is 0 Å². The van der Waals surface area contributed by atoms with Gasteiger partial charge in [0.2, 0.25) is 0 Å². The standard InChI is InChI=1S/C29H22N4.C17H13N/c30-26-19-32(20-10-3-1-4-11-20)18-25(26)28(31)24-16-9-15-23-22-14-7-8-17-27(22)33(29(23)24)21-12-5-2-6-13-21;1-18-15-9-5-4-8-14(15)17-13-7-3-2-6-12(13)10-11-16(17)18/h1-19,31H,30H2;2-11H,1H3. The Morgan fingerprint density at radius 2 is 1.10 bits per heavy atom. The lowest BCUT2D eigenvalue weighted by Gasteiger charge is -2.12. The Hall–Kier alpha value is -6.85. The first kappa shape index (κ1) is 30.2. The third-order valence-corrected chi connectivity index (χ3v) is 9.96. The zero-order chi connectivity index (χ0) is 34.5. The fraction of sp³-hybridized carbons (Fsp3) is 0.0217. The second-order valence-electron chi connectivity index (χ2n) is 12.9. The van der Waals surface area contributed by atoms with E-state index < -0.39 is 0 Å². The minimum Gasteiger partial charge on any atom is -0.397 e. The van der Waals surface area contributed by atoms with E-state index >= 15 is 0 Å². The van der Waals surface area contributed by atoms with Crippen molar-refractivity contribution in [3.8, 4) is 11.4 Å². The van der Waals surface area contributed by atoms with Crippen LogP contribution in [0.5, 0.6) is 0 Å². The Morgan fingerprint density at radius 1 is 0.490 bits per heavy atom. The third kappa shape index (κ3) is 4.98. The molecule has 0 bridgehead atoms. The van der Waals surface area contributed by atoms with Crippen LogP contribution < -0.4 is 5.73 Å². The van der Waals surface area contributed by atoms with Gasteiger partial charge in [0.15, 0.2) is 0 Å². The summed E-state index contributed by atoms with van der Waals surface area (Å²) in [5.74, 6) is 0. The van der Waals surface area contributed by atoms with E-state index in [1.165, 1.54) is 38.0 Å². The van der Waals surface area contributed by atoms with Crippen LogP contribution in [0.3, 0.4) is 0 Å². The van der Waals surface area contributed by atoms with Gasteiger partial charge < -0.3 is 19.4 Å². The van der Waals surface area contributed by atoms with Crippen LogP contribution in [-0.2, 0) is 7.05 Å². The molecule has 0 aliphatic carbocycles. The summed E-state index contributed by atoms with van der Waals surface area (Å²) in [5.41, 5.74) is 15.8. The van der Waals surface area contributed by atoms with Crippen LogP contribution in [0.4, 0.5) is 5.69 Å². The average Bonchev–Trinajstić information content (AvgIpc) is 3.85. The Morgan fingerprint density at radius 3 is 1.86 bits per heavy atom. The molecular weight excluding hydrogens is 623 g/mol. The van der Waals surface area contributed by atoms with E-state index in [0.717, 1.165) is 38.9 Å². The van der Waals surface area contributed by atoms with Crippen molar-refractivity contribution in [2.45, 2.75) is 0 Å². The molecule has 3 aromatic heterocycles. The molecule has 244 valence electrons. The van der Waals surface area contributed by atoms with Gasteiger partial charge in [-0.3, -0.25) is 5.41 Å². The van der Waals surface area contributed by atoms with E-state index in [2.05, 4.69) is 119 Å². The fourth-order valence-electron chi connectivity index (χ4n) is 7.57. The summed E-state index contributed by atoms with van der Waals surface area (Å²) in [7, 11) is 2.14. The number of anilines is 1. The molecular formula is C46H35N5. The number of nitrogens with zero attached hydrogens (tertiary/aromatic N) is 3. The van der Waals surface area contributed by atoms with Crippen molar-refractivity contribution in [2.24, 2.45) is 7.05 Å². The molecule has 10 aromatic rings. The lowest BCUT2D eigenvalue weighted by molar-refractivity contribution is 1.01. The number of hydrogen-bond donors (Lipinski definition) is 2. The lowest BCUT2D eigenvalue weighted by atomic mass is 10.0. The molecule has 3 N–H and O–H groups in total. The Balaban J connectivity index is 0.000000162. The molecule has 0 unspecified atom stereocenters. The summed E-state index contributed by atoms with van der Waals surface area (Å²) in [4.78, 5) is 0. The smallest absolute Gasteiger partial charge is 0.0742 e. The van der Waals surface area contributed by atoms with Crippen molar-refractivity contribution >= 4 is 65.8 Å². The van der Waals surface area contributed by atoms with Crippen LogP contribution in [0.2, 0.25) is 0 Å². The van der Waals surface area contributed by atoms with Crippen molar-refractivity contribution in [2.75, 3.05) is 5.73 Å². The van der Waals surface area contributed by atoms with Crippen LogP contribution >= 0.6 is 0 Å². The summed E-state index contributed by atoms with van der Waals surface area (Å²) in [6, 6.07) is 56.6. The highest BCUT2D eigenvalue weighted by Gasteiger charge is 2.20. The molecule has 10 rings (SSSR count). The molecule has 3 heterocycles. The topological polar surface area (TPSA) is 64.7 Å². The molecule has 0 saturated carbocycles. The van der Waals surface area contributed by atoms with Crippen LogP contribution in [0.1, 0.15) is 11.1 Å². The summed E-state index contributed by atoms with van der Waals surface area (Å²) in [6.07, 6.45) is 3.83. The quantitative estimate of drug-likeness (QED) is 0.182. The molecule has 0 amide bonds. The van der Waals surface area contributed by atoms with Gasteiger partial charge in [-0.1, -0.05) is 121 Å². The number of hydrogen-bond acceptors (Lipinski definition) is 2. The fourth-order valence-corrected chi connectivity index (χ4v) is 7.57. The molecule has 5 nitrogen and oxygen atoms in total. The maximum Gasteiger partial charge on any atom is 0.0742 e. The molecule has 0 aliphatic rings. The largest absolute Gasteiger partial charge is 0.397 e. The number of nitrogen functional groups attached to an aromatic ring is 1. The molecule has 0 fully saturated rings.